The molecule has 1 aliphatic heterocycles. The fourth-order valence-corrected chi connectivity index (χ4v) is 4.27. The maximum absolute atomic E-state index is 13.1. The largest absolute Gasteiger partial charge is 0.495 e. The van der Waals surface area contributed by atoms with Crippen molar-refractivity contribution in [3.05, 3.63) is 71.8 Å². The van der Waals surface area contributed by atoms with Crippen molar-refractivity contribution in [2.75, 3.05) is 27.9 Å². The van der Waals surface area contributed by atoms with Crippen molar-refractivity contribution in [3.63, 3.8) is 0 Å². The maximum Gasteiger partial charge on any atom is 0.262 e. The van der Waals surface area contributed by atoms with Gasteiger partial charge in [0.25, 0.3) is 5.91 Å². The number of amides is 2. The van der Waals surface area contributed by atoms with Crippen LogP contribution in [0.5, 0.6) is 17.2 Å². The Labute approximate surface area is 210 Å². The lowest BCUT2D eigenvalue weighted by Gasteiger charge is -2.32. The number of methoxy groups -OCH3 is 3. The zero-order valence-electron chi connectivity index (χ0n) is 20.9. The van der Waals surface area contributed by atoms with Crippen LogP contribution >= 0.6 is 0 Å². The quantitative estimate of drug-likeness (QED) is 0.485. The summed E-state index contributed by atoms with van der Waals surface area (Å²) >= 11 is 0. The van der Waals surface area contributed by atoms with Gasteiger partial charge in [0, 0.05) is 18.8 Å². The summed E-state index contributed by atoms with van der Waals surface area (Å²) in [6.45, 7) is 2.37. The molecule has 0 bridgehead atoms. The van der Waals surface area contributed by atoms with Gasteiger partial charge in [0.05, 0.1) is 45.0 Å². The number of piperidine rings is 1. The molecule has 2 aromatic carbocycles. The molecule has 0 saturated carbocycles. The molecule has 2 heterocycles. The molecule has 1 unspecified atom stereocenters. The molecule has 9 heteroatoms. The topological polar surface area (TPSA) is 94.9 Å². The first-order valence-electron chi connectivity index (χ1n) is 11.6. The van der Waals surface area contributed by atoms with E-state index in [1.54, 1.807) is 39.8 Å². The van der Waals surface area contributed by atoms with E-state index in [1.165, 1.54) is 11.1 Å². The highest BCUT2D eigenvalue weighted by Gasteiger charge is 2.31. The fourth-order valence-electron chi connectivity index (χ4n) is 4.27. The first kappa shape index (κ1) is 24.8. The van der Waals surface area contributed by atoms with Crippen LogP contribution in [0.4, 0.5) is 0 Å². The zero-order valence-corrected chi connectivity index (χ0v) is 20.9. The number of ether oxygens (including phenoxy) is 3. The van der Waals surface area contributed by atoms with Crippen LogP contribution in [0, 0.1) is 6.92 Å². The number of hydrazine groups is 1. The van der Waals surface area contributed by atoms with E-state index < -0.39 is 0 Å². The minimum absolute atomic E-state index is 0.156. The second kappa shape index (κ2) is 11.0. The van der Waals surface area contributed by atoms with Crippen LogP contribution in [0.25, 0.3) is 11.8 Å². The fraction of sp³-hybridized carbons (Fsp3) is 0.296. The van der Waals surface area contributed by atoms with Crippen LogP contribution in [0.3, 0.4) is 0 Å². The molecule has 3 aromatic rings. The van der Waals surface area contributed by atoms with E-state index in [4.69, 9.17) is 14.2 Å². The standard InChI is InChI=1S/C27H30N4O5/c1-18-16-30(17-28-18)22-10-7-19(14-24(22)35-3)8-12-26(32)29-31-13-5-6-21(27(31)33)20-9-11-23(34-2)25(15-20)36-4/h7-12,14-17,21H,5-6,13H2,1-4H3,(H,29,32). The van der Waals surface area contributed by atoms with Crippen molar-refractivity contribution in [2.45, 2.75) is 25.7 Å². The summed E-state index contributed by atoms with van der Waals surface area (Å²) in [6, 6.07) is 11.1. The first-order chi connectivity index (χ1) is 17.4. The molecule has 0 radical (unpaired) electrons. The lowest BCUT2D eigenvalue weighted by atomic mass is 9.90. The van der Waals surface area contributed by atoms with Gasteiger partial charge in [0.1, 0.15) is 5.75 Å². The zero-order chi connectivity index (χ0) is 25.7. The van der Waals surface area contributed by atoms with Gasteiger partial charge in [-0.2, -0.15) is 0 Å². The molecular weight excluding hydrogens is 460 g/mol. The van der Waals surface area contributed by atoms with Crippen molar-refractivity contribution in [1.29, 1.82) is 0 Å². The summed E-state index contributed by atoms with van der Waals surface area (Å²) in [4.78, 5) is 30.0. The Bertz CT molecular complexity index is 1280. The number of imidazole rings is 1. The summed E-state index contributed by atoms with van der Waals surface area (Å²) in [5, 5.41) is 1.39. The number of nitrogens with one attached hydrogen (secondary N) is 1. The molecule has 0 aliphatic carbocycles. The van der Waals surface area contributed by atoms with Gasteiger partial charge in [-0.25, -0.2) is 4.98 Å². The number of carbonyl (C=O) groups is 2. The first-order valence-corrected chi connectivity index (χ1v) is 11.6. The van der Waals surface area contributed by atoms with E-state index >= 15 is 0 Å². The number of hydrogen-bond acceptors (Lipinski definition) is 6. The van der Waals surface area contributed by atoms with Crippen LogP contribution in [0.15, 0.2) is 55.0 Å². The SMILES string of the molecule is COc1ccc(C2CCCN(NC(=O)C=Cc3ccc(-n4cnc(C)c4)c(OC)c3)C2=O)cc1OC. The van der Waals surface area contributed by atoms with E-state index in [-0.39, 0.29) is 17.7 Å². The summed E-state index contributed by atoms with van der Waals surface area (Å²) in [6.07, 6.45) is 8.18. The molecule has 1 aromatic heterocycles. The second-order valence-corrected chi connectivity index (χ2v) is 8.46. The molecule has 1 saturated heterocycles. The minimum atomic E-state index is -0.385. The number of aromatic nitrogens is 2. The lowest BCUT2D eigenvalue weighted by Crippen LogP contribution is -2.50. The normalized spacial score (nSPS) is 15.7. The third-order valence-electron chi connectivity index (χ3n) is 6.11. The molecule has 0 spiro atoms. The van der Waals surface area contributed by atoms with Crippen molar-refractivity contribution in [1.82, 2.24) is 20.0 Å². The van der Waals surface area contributed by atoms with Gasteiger partial charge in [-0.3, -0.25) is 20.0 Å². The summed E-state index contributed by atoms with van der Waals surface area (Å²) in [7, 11) is 4.73. The lowest BCUT2D eigenvalue weighted by molar-refractivity contribution is -0.143. The van der Waals surface area contributed by atoms with Gasteiger partial charge in [-0.1, -0.05) is 12.1 Å². The van der Waals surface area contributed by atoms with Gasteiger partial charge >= 0.3 is 0 Å². The van der Waals surface area contributed by atoms with Crippen molar-refractivity contribution >= 4 is 17.9 Å². The second-order valence-electron chi connectivity index (χ2n) is 8.46. The number of rotatable bonds is 8. The van der Waals surface area contributed by atoms with Crippen molar-refractivity contribution in [3.8, 4) is 22.9 Å². The molecule has 36 heavy (non-hydrogen) atoms. The Balaban J connectivity index is 1.43. The number of benzene rings is 2. The third kappa shape index (κ3) is 5.35. The average Bonchev–Trinajstić information content (AvgIpc) is 3.34. The van der Waals surface area contributed by atoms with Crippen LogP contribution < -0.4 is 19.6 Å². The Morgan fingerprint density at radius 3 is 2.53 bits per heavy atom. The number of hydrogen-bond donors (Lipinski definition) is 1. The average molecular weight is 491 g/mol. The van der Waals surface area contributed by atoms with E-state index in [0.717, 1.165) is 28.9 Å². The monoisotopic (exact) mass is 490 g/mol. The van der Waals surface area contributed by atoms with Crippen LogP contribution in [0.1, 0.15) is 35.6 Å². The highest BCUT2D eigenvalue weighted by molar-refractivity contribution is 5.94. The van der Waals surface area contributed by atoms with Crippen LogP contribution in [-0.2, 0) is 9.59 Å². The number of nitrogens with zero attached hydrogens (tertiary/aromatic N) is 3. The Morgan fingerprint density at radius 1 is 1.06 bits per heavy atom. The Kier molecular flexibility index (Phi) is 7.58. The van der Waals surface area contributed by atoms with Crippen LogP contribution in [0.2, 0.25) is 0 Å². The van der Waals surface area contributed by atoms with Gasteiger partial charge in [0.2, 0.25) is 5.91 Å². The molecular formula is C27H30N4O5. The van der Waals surface area contributed by atoms with E-state index in [2.05, 4.69) is 10.4 Å². The smallest absolute Gasteiger partial charge is 0.262 e. The molecule has 188 valence electrons. The maximum atomic E-state index is 13.1. The van der Waals surface area contributed by atoms with Gasteiger partial charge in [0.15, 0.2) is 11.5 Å². The summed E-state index contributed by atoms with van der Waals surface area (Å²) in [5.74, 6) is 0.910. The predicted molar refractivity (Wildman–Crippen MR) is 135 cm³/mol. The highest BCUT2D eigenvalue weighted by atomic mass is 16.5. The predicted octanol–water partition coefficient (Wildman–Crippen LogP) is 3.66. The molecule has 9 nitrogen and oxygen atoms in total. The number of carbonyl (C=O) groups excluding carboxylic acids is 2. The number of aryl methyl sites for hydroxylation is 1. The van der Waals surface area contributed by atoms with E-state index in [9.17, 15) is 9.59 Å². The summed E-state index contributed by atoms with van der Waals surface area (Å²) in [5.41, 5.74) is 6.08. The van der Waals surface area contributed by atoms with Crippen LogP contribution in [-0.4, -0.2) is 54.2 Å². The molecule has 1 fully saturated rings. The van der Waals surface area contributed by atoms with E-state index in [1.807, 2.05) is 48.0 Å². The van der Waals surface area contributed by atoms with Gasteiger partial charge < -0.3 is 18.8 Å². The Hall–Kier alpha value is -4.27. The van der Waals surface area contributed by atoms with Crippen molar-refractivity contribution < 1.29 is 23.8 Å². The molecule has 4 rings (SSSR count). The molecule has 2 amide bonds. The summed E-state index contributed by atoms with van der Waals surface area (Å²) < 4.78 is 18.1. The molecule has 1 aliphatic rings. The molecule has 1 N–H and O–H groups in total. The van der Waals surface area contributed by atoms with Gasteiger partial charge in [-0.05, 0) is 61.2 Å². The van der Waals surface area contributed by atoms with E-state index in [0.29, 0.717) is 30.2 Å². The Morgan fingerprint density at radius 2 is 1.83 bits per heavy atom. The van der Waals surface area contributed by atoms with Gasteiger partial charge in [-0.15, -0.1) is 0 Å². The molecule has 1 atom stereocenters. The van der Waals surface area contributed by atoms with Crippen molar-refractivity contribution in [2.24, 2.45) is 0 Å². The minimum Gasteiger partial charge on any atom is -0.495 e. The third-order valence-corrected chi connectivity index (χ3v) is 6.11. The highest BCUT2D eigenvalue weighted by Crippen LogP contribution is 2.34.